The third kappa shape index (κ3) is 2.80. The summed E-state index contributed by atoms with van der Waals surface area (Å²) in [6, 6.07) is 6.51. The van der Waals surface area contributed by atoms with E-state index in [0.717, 1.165) is 0 Å². The van der Waals surface area contributed by atoms with Gasteiger partial charge in [0.15, 0.2) is 5.82 Å². The topological polar surface area (TPSA) is 65.3 Å². The Balaban J connectivity index is 2.21. The summed E-state index contributed by atoms with van der Waals surface area (Å²) in [5, 5.41) is 10.4. The van der Waals surface area contributed by atoms with Crippen LogP contribution in [-0.2, 0) is 0 Å². The molecule has 5 nitrogen and oxygen atoms in total. The van der Waals surface area contributed by atoms with Gasteiger partial charge in [0, 0.05) is 22.8 Å². The number of nitro benzene ring substituents is 1. The van der Waals surface area contributed by atoms with Gasteiger partial charge in [0.05, 0.1) is 4.92 Å². The van der Waals surface area contributed by atoms with Gasteiger partial charge in [-0.2, -0.15) is 0 Å². The molecule has 1 heterocycles. The standard InChI is InChI=1S/C11H6BrFN2O3/c12-7-5-10(13)11(14-6-7)18-9-3-1-8(2-4-9)15(16)17/h1-6H. The van der Waals surface area contributed by atoms with E-state index >= 15 is 0 Å². The second-order valence-corrected chi connectivity index (χ2v) is 4.21. The van der Waals surface area contributed by atoms with E-state index < -0.39 is 10.7 Å². The highest BCUT2D eigenvalue weighted by Gasteiger charge is 2.09. The van der Waals surface area contributed by atoms with Gasteiger partial charge in [0.2, 0.25) is 0 Å². The van der Waals surface area contributed by atoms with Crippen molar-refractivity contribution in [3.8, 4) is 11.6 Å². The van der Waals surface area contributed by atoms with Crippen molar-refractivity contribution < 1.29 is 14.1 Å². The van der Waals surface area contributed by atoms with Crippen LogP contribution in [0.2, 0.25) is 0 Å². The van der Waals surface area contributed by atoms with Gasteiger partial charge in [-0.3, -0.25) is 10.1 Å². The fourth-order valence-electron chi connectivity index (χ4n) is 1.22. The van der Waals surface area contributed by atoms with Gasteiger partial charge < -0.3 is 4.74 Å². The number of aromatic nitrogens is 1. The van der Waals surface area contributed by atoms with Crippen LogP contribution in [0, 0.1) is 15.9 Å². The summed E-state index contributed by atoms with van der Waals surface area (Å²) in [7, 11) is 0. The highest BCUT2D eigenvalue weighted by Crippen LogP contribution is 2.25. The molecular weight excluding hydrogens is 307 g/mol. The molecule has 0 bridgehead atoms. The first-order chi connectivity index (χ1) is 8.56. The lowest BCUT2D eigenvalue weighted by Crippen LogP contribution is -1.92. The van der Waals surface area contributed by atoms with Crippen LogP contribution in [0.4, 0.5) is 10.1 Å². The van der Waals surface area contributed by atoms with Crippen LogP contribution in [0.25, 0.3) is 0 Å². The number of halogens is 2. The molecular formula is C11H6BrFN2O3. The number of hydrogen-bond acceptors (Lipinski definition) is 4. The number of rotatable bonds is 3. The largest absolute Gasteiger partial charge is 0.436 e. The minimum absolute atomic E-state index is 0.0633. The molecule has 0 saturated carbocycles. The van der Waals surface area contributed by atoms with Crippen LogP contribution in [-0.4, -0.2) is 9.91 Å². The summed E-state index contributed by atoms with van der Waals surface area (Å²) >= 11 is 3.07. The zero-order valence-electron chi connectivity index (χ0n) is 8.84. The molecule has 0 amide bonds. The number of ether oxygens (including phenoxy) is 1. The van der Waals surface area contributed by atoms with Crippen molar-refractivity contribution >= 4 is 21.6 Å². The Hall–Kier alpha value is -2.02. The Labute approximate surface area is 110 Å². The van der Waals surface area contributed by atoms with E-state index in [0.29, 0.717) is 4.47 Å². The van der Waals surface area contributed by atoms with Gasteiger partial charge in [-0.1, -0.05) is 0 Å². The van der Waals surface area contributed by atoms with E-state index in [2.05, 4.69) is 20.9 Å². The summed E-state index contributed by atoms with van der Waals surface area (Å²) in [4.78, 5) is 13.7. The zero-order chi connectivity index (χ0) is 13.1. The van der Waals surface area contributed by atoms with Crippen molar-refractivity contribution in [2.75, 3.05) is 0 Å². The summed E-state index contributed by atoms with van der Waals surface area (Å²) in [6.07, 6.45) is 1.39. The van der Waals surface area contributed by atoms with E-state index in [-0.39, 0.29) is 17.3 Å². The highest BCUT2D eigenvalue weighted by atomic mass is 79.9. The van der Waals surface area contributed by atoms with Crippen LogP contribution < -0.4 is 4.74 Å². The smallest absolute Gasteiger partial charge is 0.269 e. The first kappa shape index (κ1) is 12.4. The van der Waals surface area contributed by atoms with Crippen molar-refractivity contribution in [2.45, 2.75) is 0 Å². The number of benzene rings is 1. The molecule has 0 N–H and O–H groups in total. The van der Waals surface area contributed by atoms with Crippen LogP contribution >= 0.6 is 15.9 Å². The molecule has 18 heavy (non-hydrogen) atoms. The molecule has 92 valence electrons. The quantitative estimate of drug-likeness (QED) is 0.640. The van der Waals surface area contributed by atoms with E-state index in [1.54, 1.807) is 0 Å². The van der Waals surface area contributed by atoms with Gasteiger partial charge in [-0.25, -0.2) is 9.37 Å². The zero-order valence-corrected chi connectivity index (χ0v) is 10.4. The van der Waals surface area contributed by atoms with Crippen LogP contribution in [0.1, 0.15) is 0 Å². The third-order valence-corrected chi connectivity index (χ3v) is 2.47. The summed E-state index contributed by atoms with van der Waals surface area (Å²) < 4.78 is 19.1. The number of hydrogen-bond donors (Lipinski definition) is 0. The Kier molecular flexibility index (Phi) is 3.52. The number of nitro groups is 1. The molecule has 2 aromatic rings. The molecule has 0 saturated heterocycles. The maximum atomic E-state index is 13.4. The van der Waals surface area contributed by atoms with E-state index in [4.69, 9.17) is 4.74 Å². The average Bonchev–Trinajstić information content (AvgIpc) is 2.33. The summed E-state index contributed by atoms with van der Waals surface area (Å²) in [5.74, 6) is -0.538. The van der Waals surface area contributed by atoms with Gasteiger partial charge in [0.1, 0.15) is 5.75 Å². The van der Waals surface area contributed by atoms with Crippen molar-refractivity contribution in [3.63, 3.8) is 0 Å². The highest BCUT2D eigenvalue weighted by molar-refractivity contribution is 9.10. The molecule has 0 aliphatic carbocycles. The number of non-ortho nitro benzene ring substituents is 1. The number of nitrogens with zero attached hydrogens (tertiary/aromatic N) is 2. The van der Waals surface area contributed by atoms with Crippen LogP contribution in [0.15, 0.2) is 41.0 Å². The lowest BCUT2D eigenvalue weighted by atomic mass is 10.3. The lowest BCUT2D eigenvalue weighted by Gasteiger charge is -2.05. The second kappa shape index (κ2) is 5.09. The molecule has 0 unspecified atom stereocenters. The van der Waals surface area contributed by atoms with E-state index in [9.17, 15) is 14.5 Å². The predicted octanol–water partition coefficient (Wildman–Crippen LogP) is 3.68. The molecule has 0 atom stereocenters. The van der Waals surface area contributed by atoms with Crippen molar-refractivity contribution in [2.24, 2.45) is 0 Å². The Morgan fingerprint density at radius 3 is 2.56 bits per heavy atom. The molecule has 1 aromatic carbocycles. The predicted molar refractivity (Wildman–Crippen MR) is 65.1 cm³/mol. The van der Waals surface area contributed by atoms with Crippen molar-refractivity contribution in [1.29, 1.82) is 0 Å². The molecule has 0 aliphatic heterocycles. The van der Waals surface area contributed by atoms with E-state index in [1.165, 1.54) is 36.5 Å². The molecule has 2 rings (SSSR count). The number of pyridine rings is 1. The SMILES string of the molecule is O=[N+]([O-])c1ccc(Oc2ncc(Br)cc2F)cc1. The average molecular weight is 313 g/mol. The molecule has 0 aliphatic rings. The first-order valence-corrected chi connectivity index (χ1v) is 5.59. The minimum Gasteiger partial charge on any atom is -0.436 e. The molecule has 7 heteroatoms. The second-order valence-electron chi connectivity index (χ2n) is 3.29. The Bertz CT molecular complexity index is 589. The van der Waals surface area contributed by atoms with Crippen LogP contribution in [0.5, 0.6) is 11.6 Å². The monoisotopic (exact) mass is 312 g/mol. The summed E-state index contributed by atoms with van der Waals surface area (Å²) in [6.45, 7) is 0. The maximum Gasteiger partial charge on any atom is 0.269 e. The Morgan fingerprint density at radius 2 is 2.00 bits per heavy atom. The Morgan fingerprint density at radius 1 is 1.33 bits per heavy atom. The molecule has 0 radical (unpaired) electrons. The summed E-state index contributed by atoms with van der Waals surface area (Å²) in [5.41, 5.74) is -0.0633. The first-order valence-electron chi connectivity index (χ1n) is 4.79. The molecule has 0 fully saturated rings. The fraction of sp³-hybridized carbons (Fsp3) is 0. The van der Waals surface area contributed by atoms with Crippen molar-refractivity contribution in [3.05, 3.63) is 56.9 Å². The van der Waals surface area contributed by atoms with Crippen LogP contribution in [0.3, 0.4) is 0 Å². The minimum atomic E-state index is -0.622. The van der Waals surface area contributed by atoms with E-state index in [1.807, 2.05) is 0 Å². The molecule has 1 aromatic heterocycles. The molecule has 0 spiro atoms. The van der Waals surface area contributed by atoms with Gasteiger partial charge in [-0.05, 0) is 34.1 Å². The maximum absolute atomic E-state index is 13.4. The van der Waals surface area contributed by atoms with Gasteiger partial charge in [0.25, 0.3) is 11.6 Å². The lowest BCUT2D eigenvalue weighted by molar-refractivity contribution is -0.384. The third-order valence-electron chi connectivity index (χ3n) is 2.04. The van der Waals surface area contributed by atoms with Gasteiger partial charge in [-0.15, -0.1) is 0 Å². The van der Waals surface area contributed by atoms with Crippen molar-refractivity contribution in [1.82, 2.24) is 4.98 Å². The van der Waals surface area contributed by atoms with Gasteiger partial charge >= 0.3 is 0 Å². The fourth-order valence-corrected chi connectivity index (χ4v) is 1.53. The normalized spacial score (nSPS) is 10.1.